The fourth-order valence-corrected chi connectivity index (χ4v) is 4.20. The minimum atomic E-state index is -3.52. The first-order valence-electron chi connectivity index (χ1n) is 8.23. The van der Waals surface area contributed by atoms with E-state index in [1.54, 1.807) is 26.0 Å². The fraction of sp³-hybridized carbons (Fsp3) is 0.588. The molecule has 0 bridgehead atoms. The van der Waals surface area contributed by atoms with Gasteiger partial charge in [0.15, 0.2) is 0 Å². The van der Waals surface area contributed by atoms with E-state index in [1.807, 2.05) is 0 Å². The Balaban J connectivity index is 2.05. The largest absolute Gasteiger partial charge is 0.349 e. The summed E-state index contributed by atoms with van der Waals surface area (Å²) in [5, 5.41) is 3.07. The van der Waals surface area contributed by atoms with E-state index in [2.05, 4.69) is 17.0 Å². The standard InChI is InChI=1S/C17H26N2O3S/c1-12(2)19-23(21,22)15-10-8-14(9-11-15)17(20)18-16-7-5-4-6-13(16)3/h8-13,16,19H,4-7H2,1-3H3,(H,18,20). The topological polar surface area (TPSA) is 75.3 Å². The van der Waals surface area contributed by atoms with E-state index in [4.69, 9.17) is 0 Å². The summed E-state index contributed by atoms with van der Waals surface area (Å²) in [4.78, 5) is 12.5. The highest BCUT2D eigenvalue weighted by Crippen LogP contribution is 2.24. The molecule has 128 valence electrons. The SMILES string of the molecule is CC(C)NS(=O)(=O)c1ccc(C(=O)NC2CCCCC2C)cc1. The van der Waals surface area contributed by atoms with Crippen LogP contribution in [-0.4, -0.2) is 26.4 Å². The van der Waals surface area contributed by atoms with E-state index in [-0.39, 0.29) is 22.9 Å². The van der Waals surface area contributed by atoms with Crippen LogP contribution in [0.4, 0.5) is 0 Å². The number of nitrogens with one attached hydrogen (secondary N) is 2. The van der Waals surface area contributed by atoms with Gasteiger partial charge in [0, 0.05) is 17.6 Å². The number of amides is 1. The maximum atomic E-state index is 12.3. The second kappa shape index (κ2) is 7.45. The highest BCUT2D eigenvalue weighted by molar-refractivity contribution is 7.89. The quantitative estimate of drug-likeness (QED) is 0.867. The van der Waals surface area contributed by atoms with Crippen molar-refractivity contribution in [1.82, 2.24) is 10.0 Å². The first kappa shape index (κ1) is 17.9. The molecule has 23 heavy (non-hydrogen) atoms. The fourth-order valence-electron chi connectivity index (χ4n) is 2.95. The first-order valence-corrected chi connectivity index (χ1v) is 9.71. The summed E-state index contributed by atoms with van der Waals surface area (Å²) < 4.78 is 26.7. The lowest BCUT2D eigenvalue weighted by molar-refractivity contribution is 0.0910. The molecule has 2 rings (SSSR count). The second-order valence-corrected chi connectivity index (χ2v) is 8.36. The maximum Gasteiger partial charge on any atom is 0.251 e. The number of hydrogen-bond donors (Lipinski definition) is 2. The predicted molar refractivity (Wildman–Crippen MR) is 90.8 cm³/mol. The Morgan fingerprint density at radius 1 is 1.13 bits per heavy atom. The van der Waals surface area contributed by atoms with Crippen molar-refractivity contribution < 1.29 is 13.2 Å². The lowest BCUT2D eigenvalue weighted by Gasteiger charge is -2.29. The summed E-state index contributed by atoms with van der Waals surface area (Å²) in [6.45, 7) is 5.70. The molecule has 1 aliphatic rings. The van der Waals surface area contributed by atoms with E-state index in [9.17, 15) is 13.2 Å². The van der Waals surface area contributed by atoms with E-state index < -0.39 is 10.0 Å². The Morgan fingerprint density at radius 3 is 2.30 bits per heavy atom. The molecule has 2 atom stereocenters. The number of carbonyl (C=O) groups excluding carboxylic acids is 1. The minimum Gasteiger partial charge on any atom is -0.349 e. The smallest absolute Gasteiger partial charge is 0.251 e. The average Bonchev–Trinajstić information content (AvgIpc) is 2.48. The third-order valence-corrected chi connectivity index (χ3v) is 5.92. The lowest BCUT2D eigenvalue weighted by Crippen LogP contribution is -2.41. The highest BCUT2D eigenvalue weighted by Gasteiger charge is 2.23. The van der Waals surface area contributed by atoms with Crippen molar-refractivity contribution >= 4 is 15.9 Å². The molecular formula is C17H26N2O3S. The average molecular weight is 338 g/mol. The van der Waals surface area contributed by atoms with Crippen LogP contribution in [0.2, 0.25) is 0 Å². The van der Waals surface area contributed by atoms with Gasteiger partial charge < -0.3 is 5.32 Å². The molecule has 6 heteroatoms. The van der Waals surface area contributed by atoms with Crippen molar-refractivity contribution in [2.24, 2.45) is 5.92 Å². The number of sulfonamides is 1. The van der Waals surface area contributed by atoms with Crippen LogP contribution in [0, 0.1) is 5.92 Å². The van der Waals surface area contributed by atoms with Crippen molar-refractivity contribution in [2.45, 2.75) is 63.4 Å². The van der Waals surface area contributed by atoms with Gasteiger partial charge in [0.2, 0.25) is 10.0 Å². The molecule has 1 aromatic carbocycles. The summed E-state index contributed by atoms with van der Waals surface area (Å²) in [7, 11) is -3.52. The Hall–Kier alpha value is -1.40. The molecule has 1 aliphatic carbocycles. The molecule has 1 saturated carbocycles. The van der Waals surface area contributed by atoms with Crippen molar-refractivity contribution in [3.05, 3.63) is 29.8 Å². The van der Waals surface area contributed by atoms with Gasteiger partial charge in [-0.15, -0.1) is 0 Å². The van der Waals surface area contributed by atoms with E-state index in [0.717, 1.165) is 19.3 Å². The Kier molecular flexibility index (Phi) is 5.81. The van der Waals surface area contributed by atoms with Crippen LogP contribution in [0.3, 0.4) is 0 Å². The van der Waals surface area contributed by atoms with Gasteiger partial charge in [0.05, 0.1) is 4.90 Å². The molecular weight excluding hydrogens is 312 g/mol. The van der Waals surface area contributed by atoms with Crippen molar-refractivity contribution in [2.75, 3.05) is 0 Å². The zero-order valence-corrected chi connectivity index (χ0v) is 14.8. The molecule has 0 spiro atoms. The van der Waals surface area contributed by atoms with Crippen LogP contribution in [0.25, 0.3) is 0 Å². The van der Waals surface area contributed by atoms with Crippen molar-refractivity contribution in [3.63, 3.8) is 0 Å². The maximum absolute atomic E-state index is 12.3. The molecule has 1 aromatic rings. The molecule has 0 aromatic heterocycles. The third-order valence-electron chi connectivity index (χ3n) is 4.25. The molecule has 0 saturated heterocycles. The number of rotatable bonds is 5. The molecule has 2 N–H and O–H groups in total. The van der Waals surface area contributed by atoms with Crippen molar-refractivity contribution in [1.29, 1.82) is 0 Å². The minimum absolute atomic E-state index is 0.135. The zero-order valence-electron chi connectivity index (χ0n) is 14.0. The van der Waals surface area contributed by atoms with E-state index >= 15 is 0 Å². The number of benzene rings is 1. The van der Waals surface area contributed by atoms with E-state index in [1.165, 1.54) is 18.6 Å². The van der Waals surface area contributed by atoms with Gasteiger partial charge in [-0.1, -0.05) is 19.8 Å². The summed E-state index contributed by atoms with van der Waals surface area (Å²) in [6, 6.07) is 6.13. The normalized spacial score (nSPS) is 22.1. The van der Waals surface area contributed by atoms with Gasteiger partial charge in [0.25, 0.3) is 5.91 Å². The van der Waals surface area contributed by atoms with Gasteiger partial charge >= 0.3 is 0 Å². The second-order valence-electron chi connectivity index (χ2n) is 6.64. The summed E-state index contributed by atoms with van der Waals surface area (Å²) >= 11 is 0. The molecule has 2 unspecified atom stereocenters. The summed E-state index contributed by atoms with van der Waals surface area (Å²) in [5.41, 5.74) is 0.492. The number of carbonyl (C=O) groups is 1. The van der Waals surface area contributed by atoms with Gasteiger partial charge in [-0.3, -0.25) is 4.79 Å². The lowest BCUT2D eigenvalue weighted by atomic mass is 9.86. The number of hydrogen-bond acceptors (Lipinski definition) is 3. The van der Waals surface area contributed by atoms with Crippen molar-refractivity contribution in [3.8, 4) is 0 Å². The Morgan fingerprint density at radius 2 is 1.74 bits per heavy atom. The summed E-state index contributed by atoms with van der Waals surface area (Å²) in [5.74, 6) is 0.354. The van der Waals surface area contributed by atoms with Crippen LogP contribution in [0.1, 0.15) is 56.8 Å². The van der Waals surface area contributed by atoms with Crippen LogP contribution < -0.4 is 10.0 Å². The van der Waals surface area contributed by atoms with Gasteiger partial charge in [-0.05, 0) is 56.9 Å². The zero-order chi connectivity index (χ0) is 17.0. The predicted octanol–water partition coefficient (Wildman–Crippen LogP) is 2.68. The molecule has 5 nitrogen and oxygen atoms in total. The van der Waals surface area contributed by atoms with Crippen LogP contribution in [-0.2, 0) is 10.0 Å². The molecule has 1 fully saturated rings. The molecule has 0 heterocycles. The first-order chi connectivity index (χ1) is 10.8. The van der Waals surface area contributed by atoms with Crippen LogP contribution in [0.15, 0.2) is 29.2 Å². The highest BCUT2D eigenvalue weighted by atomic mass is 32.2. The molecule has 0 aliphatic heterocycles. The van der Waals surface area contributed by atoms with Gasteiger partial charge in [0.1, 0.15) is 0 Å². The monoisotopic (exact) mass is 338 g/mol. The van der Waals surface area contributed by atoms with Gasteiger partial charge in [-0.25, -0.2) is 13.1 Å². The molecule has 0 radical (unpaired) electrons. The Bertz CT molecular complexity index is 638. The third kappa shape index (κ3) is 4.78. The van der Waals surface area contributed by atoms with Gasteiger partial charge in [-0.2, -0.15) is 0 Å². The van der Waals surface area contributed by atoms with E-state index in [0.29, 0.717) is 11.5 Å². The van der Waals surface area contributed by atoms with Crippen LogP contribution >= 0.6 is 0 Å². The summed E-state index contributed by atoms with van der Waals surface area (Å²) in [6.07, 6.45) is 4.52. The molecule has 1 amide bonds. The Labute approximate surface area is 138 Å². The van der Waals surface area contributed by atoms with Crippen LogP contribution in [0.5, 0.6) is 0 Å².